The zero-order chi connectivity index (χ0) is 33.0. The number of nitrogens with zero attached hydrogens (tertiary/aromatic N) is 3. The van der Waals surface area contributed by atoms with Gasteiger partial charge in [-0.2, -0.15) is 0 Å². The predicted molar refractivity (Wildman–Crippen MR) is 194 cm³/mol. The van der Waals surface area contributed by atoms with Crippen molar-refractivity contribution < 1.29 is 4.74 Å². The molecule has 0 saturated heterocycles. The quantitative estimate of drug-likeness (QED) is 0.198. The van der Waals surface area contributed by atoms with Crippen molar-refractivity contribution in [1.82, 2.24) is 14.5 Å². The van der Waals surface area contributed by atoms with Gasteiger partial charge in [0.2, 0.25) is 0 Å². The van der Waals surface area contributed by atoms with E-state index in [2.05, 4.69) is 152 Å². The van der Waals surface area contributed by atoms with E-state index in [0.717, 1.165) is 34.0 Å². The molecule has 47 heavy (non-hydrogen) atoms. The summed E-state index contributed by atoms with van der Waals surface area (Å²) in [7, 11) is 0. The third kappa shape index (κ3) is 4.34. The van der Waals surface area contributed by atoms with Crippen LogP contribution < -0.4 is 4.74 Å². The van der Waals surface area contributed by atoms with Gasteiger partial charge in [-0.3, -0.25) is 9.55 Å². The summed E-state index contributed by atoms with van der Waals surface area (Å²) in [6, 6.07) is 28.3. The van der Waals surface area contributed by atoms with Crippen LogP contribution in [0.4, 0.5) is 0 Å². The highest BCUT2D eigenvalue weighted by Crippen LogP contribution is 2.61. The van der Waals surface area contributed by atoms with Crippen LogP contribution in [0, 0.1) is 0 Å². The van der Waals surface area contributed by atoms with Crippen molar-refractivity contribution in [2.75, 3.05) is 0 Å². The van der Waals surface area contributed by atoms with Crippen molar-refractivity contribution in [3.63, 3.8) is 0 Å². The zero-order valence-corrected chi connectivity index (χ0v) is 29.0. The van der Waals surface area contributed by atoms with Gasteiger partial charge in [0.1, 0.15) is 17.3 Å². The summed E-state index contributed by atoms with van der Waals surface area (Å²) in [6.45, 7) is 20.7. The van der Waals surface area contributed by atoms with Gasteiger partial charge < -0.3 is 4.74 Å². The van der Waals surface area contributed by atoms with Crippen molar-refractivity contribution in [3.8, 4) is 17.3 Å². The lowest BCUT2D eigenvalue weighted by Gasteiger charge is -2.35. The molecule has 4 nitrogen and oxygen atoms in total. The second-order valence-electron chi connectivity index (χ2n) is 15.8. The fourth-order valence-corrected chi connectivity index (χ4v) is 8.26. The van der Waals surface area contributed by atoms with E-state index in [1.807, 2.05) is 6.20 Å². The van der Waals surface area contributed by atoms with Crippen molar-refractivity contribution in [2.24, 2.45) is 0 Å². The molecule has 0 unspecified atom stereocenters. The molecule has 236 valence electrons. The maximum Gasteiger partial charge on any atom is 0.137 e. The Balaban J connectivity index is 1.24. The van der Waals surface area contributed by atoms with Gasteiger partial charge in [-0.1, -0.05) is 92.6 Å². The van der Waals surface area contributed by atoms with Gasteiger partial charge in [0, 0.05) is 45.6 Å². The van der Waals surface area contributed by atoms with Crippen LogP contribution in [0.5, 0.6) is 11.5 Å². The fraction of sp³-hybridized carbons (Fsp3) is 0.302. The van der Waals surface area contributed by atoms with Crippen LogP contribution in [0.2, 0.25) is 0 Å². The van der Waals surface area contributed by atoms with Crippen LogP contribution in [-0.4, -0.2) is 14.5 Å². The summed E-state index contributed by atoms with van der Waals surface area (Å²) < 4.78 is 8.97. The summed E-state index contributed by atoms with van der Waals surface area (Å²) in [5.74, 6) is 2.96. The summed E-state index contributed by atoms with van der Waals surface area (Å²) in [5, 5.41) is 2.38. The standard InChI is InChI=1S/C43H43N3O/c1-25(2)26-18-19-44-37(20-26)46-35-13-11-10-12-30(35)31-16-14-29(23-36(31)46)47-28-15-17-33-32(22-28)38-39-34(21-27(24-45-39)41(3,4)5)43(8,9)40(38)42(33,6)7/h10-25H,1-9H3. The normalized spacial score (nSPS) is 16.2. The SMILES string of the molecule is CC(C)c1ccnc(-n2c3ccccc3c3ccc(Oc4ccc5c(c4)C4=C(C5(C)C)C(C)(C)c5cc(C(C)(C)C)cnc54)cc32)c1. The summed E-state index contributed by atoms with van der Waals surface area (Å²) in [6.07, 6.45) is 4.00. The fourth-order valence-electron chi connectivity index (χ4n) is 8.26. The van der Waals surface area contributed by atoms with Crippen LogP contribution in [0.3, 0.4) is 0 Å². The number of fused-ring (bicyclic) bond motifs is 7. The van der Waals surface area contributed by atoms with Gasteiger partial charge in [-0.15, -0.1) is 0 Å². The molecular weight excluding hydrogens is 574 g/mol. The molecular formula is C43H43N3O. The van der Waals surface area contributed by atoms with Crippen LogP contribution in [0.1, 0.15) is 102 Å². The number of aromatic nitrogens is 3. The summed E-state index contributed by atoms with van der Waals surface area (Å²) in [5.41, 5.74) is 12.3. The average molecular weight is 618 g/mol. The number of hydrogen-bond donors (Lipinski definition) is 0. The Morgan fingerprint density at radius 3 is 2.19 bits per heavy atom. The first-order chi connectivity index (χ1) is 22.3. The van der Waals surface area contributed by atoms with Gasteiger partial charge in [0.05, 0.1) is 16.7 Å². The van der Waals surface area contributed by atoms with E-state index >= 15 is 0 Å². The first kappa shape index (κ1) is 29.7. The molecule has 2 aliphatic rings. The van der Waals surface area contributed by atoms with Crippen LogP contribution in [0.25, 0.3) is 33.2 Å². The van der Waals surface area contributed by atoms with E-state index in [9.17, 15) is 0 Å². The molecule has 0 N–H and O–H groups in total. The van der Waals surface area contributed by atoms with Gasteiger partial charge >= 0.3 is 0 Å². The largest absolute Gasteiger partial charge is 0.457 e. The highest BCUT2D eigenvalue weighted by atomic mass is 16.5. The lowest BCUT2D eigenvalue weighted by atomic mass is 9.68. The molecule has 3 heterocycles. The topological polar surface area (TPSA) is 39.9 Å². The summed E-state index contributed by atoms with van der Waals surface area (Å²) >= 11 is 0. The van der Waals surface area contributed by atoms with Crippen molar-refractivity contribution >= 4 is 27.4 Å². The third-order valence-corrected chi connectivity index (χ3v) is 10.6. The maximum absolute atomic E-state index is 6.70. The highest BCUT2D eigenvalue weighted by Gasteiger charge is 2.51. The molecule has 0 fully saturated rings. The molecule has 8 rings (SSSR count). The Morgan fingerprint density at radius 1 is 0.723 bits per heavy atom. The van der Waals surface area contributed by atoms with Gasteiger partial charge in [0.15, 0.2) is 0 Å². The molecule has 0 atom stereocenters. The Labute approximate surface area is 278 Å². The second kappa shape index (κ2) is 9.90. The monoisotopic (exact) mass is 617 g/mol. The number of hydrogen-bond acceptors (Lipinski definition) is 3. The molecule has 3 aromatic carbocycles. The zero-order valence-electron chi connectivity index (χ0n) is 29.0. The van der Waals surface area contributed by atoms with Crippen molar-refractivity contribution in [1.29, 1.82) is 0 Å². The Kier molecular flexibility index (Phi) is 6.25. The minimum atomic E-state index is -0.123. The Hall–Kier alpha value is -4.70. The average Bonchev–Trinajstić information content (AvgIpc) is 3.58. The Morgan fingerprint density at radius 2 is 1.43 bits per heavy atom. The number of ether oxygens (including phenoxy) is 1. The number of pyridine rings is 2. The smallest absolute Gasteiger partial charge is 0.137 e. The van der Waals surface area contributed by atoms with E-state index < -0.39 is 0 Å². The van der Waals surface area contributed by atoms with Crippen molar-refractivity contribution in [3.05, 3.63) is 130 Å². The van der Waals surface area contributed by atoms with E-state index in [4.69, 9.17) is 14.7 Å². The van der Waals surface area contributed by atoms with Crippen molar-refractivity contribution in [2.45, 2.75) is 84.5 Å². The number of para-hydroxylation sites is 1. The second-order valence-corrected chi connectivity index (χ2v) is 15.8. The Bertz CT molecular complexity index is 2290. The number of allylic oxidation sites excluding steroid dienone is 1. The van der Waals surface area contributed by atoms with E-state index in [0.29, 0.717) is 5.92 Å². The number of benzene rings is 3. The molecule has 6 aromatic rings. The first-order valence-electron chi connectivity index (χ1n) is 16.9. The van der Waals surface area contributed by atoms with Gasteiger partial charge in [-0.25, -0.2) is 4.98 Å². The lowest BCUT2D eigenvalue weighted by Crippen LogP contribution is -2.30. The van der Waals surface area contributed by atoms with E-state index in [1.54, 1.807) is 0 Å². The predicted octanol–water partition coefficient (Wildman–Crippen LogP) is 11.2. The van der Waals surface area contributed by atoms with E-state index in [1.165, 1.54) is 49.7 Å². The third-order valence-electron chi connectivity index (χ3n) is 10.6. The van der Waals surface area contributed by atoms with Crippen LogP contribution >= 0.6 is 0 Å². The van der Waals surface area contributed by atoms with Crippen LogP contribution in [0.15, 0.2) is 96.8 Å². The molecule has 0 spiro atoms. The highest BCUT2D eigenvalue weighted by molar-refractivity contribution is 6.09. The maximum atomic E-state index is 6.70. The minimum absolute atomic E-state index is 0.0413. The minimum Gasteiger partial charge on any atom is -0.457 e. The molecule has 0 radical (unpaired) electrons. The number of rotatable bonds is 4. The van der Waals surface area contributed by atoms with Crippen LogP contribution in [-0.2, 0) is 16.2 Å². The van der Waals surface area contributed by atoms with Gasteiger partial charge in [0.25, 0.3) is 0 Å². The summed E-state index contributed by atoms with van der Waals surface area (Å²) in [4.78, 5) is 9.97. The lowest BCUT2D eigenvalue weighted by molar-refractivity contribution is 0.480. The molecule has 0 amide bonds. The molecule has 0 aliphatic heterocycles. The molecule has 3 aromatic heterocycles. The van der Waals surface area contributed by atoms with Gasteiger partial charge in [-0.05, 0) is 87.2 Å². The molecule has 2 aliphatic carbocycles. The van der Waals surface area contributed by atoms with E-state index in [-0.39, 0.29) is 16.2 Å². The molecule has 4 heteroatoms. The molecule has 0 bridgehead atoms. The molecule has 0 saturated carbocycles. The first-order valence-corrected chi connectivity index (χ1v) is 16.9.